The SMILES string of the molecule is COC(=O)c1sccc1NC(=O)CCCn1c(=O)oc2cc([N+](=O)[O-])ccc21. The zero-order chi connectivity index (χ0) is 20.3. The number of aromatic nitrogens is 1. The lowest BCUT2D eigenvalue weighted by Crippen LogP contribution is -2.17. The molecule has 2 heterocycles. The second-order valence-corrected chi connectivity index (χ2v) is 6.65. The first-order valence-electron chi connectivity index (χ1n) is 8.14. The lowest BCUT2D eigenvalue weighted by Gasteiger charge is -2.06. The summed E-state index contributed by atoms with van der Waals surface area (Å²) in [6.45, 7) is 0.199. The fraction of sp³-hybridized carbons (Fsp3) is 0.235. The average Bonchev–Trinajstić information content (AvgIpc) is 3.24. The number of anilines is 1. The van der Waals surface area contributed by atoms with Crippen LogP contribution in [0.3, 0.4) is 0 Å². The maximum absolute atomic E-state index is 12.1. The maximum atomic E-state index is 12.1. The van der Waals surface area contributed by atoms with E-state index in [-0.39, 0.29) is 30.1 Å². The first-order valence-corrected chi connectivity index (χ1v) is 9.02. The van der Waals surface area contributed by atoms with Crippen molar-refractivity contribution in [2.75, 3.05) is 12.4 Å². The Hall–Kier alpha value is -3.47. The van der Waals surface area contributed by atoms with Crippen LogP contribution >= 0.6 is 11.3 Å². The number of nitro groups is 1. The number of amides is 1. The quantitative estimate of drug-likeness (QED) is 0.363. The highest BCUT2D eigenvalue weighted by Gasteiger charge is 2.17. The van der Waals surface area contributed by atoms with Crippen LogP contribution in [0.2, 0.25) is 0 Å². The molecule has 0 bridgehead atoms. The van der Waals surface area contributed by atoms with Crippen LogP contribution < -0.4 is 11.1 Å². The minimum Gasteiger partial charge on any atom is -0.465 e. The van der Waals surface area contributed by atoms with Crippen molar-refractivity contribution < 1.29 is 23.7 Å². The van der Waals surface area contributed by atoms with E-state index in [1.165, 1.54) is 29.9 Å². The summed E-state index contributed by atoms with van der Waals surface area (Å²) >= 11 is 1.16. The van der Waals surface area contributed by atoms with Crippen LogP contribution in [0.5, 0.6) is 0 Å². The molecule has 0 aliphatic carbocycles. The number of esters is 1. The van der Waals surface area contributed by atoms with E-state index in [1.54, 1.807) is 11.4 Å². The zero-order valence-corrected chi connectivity index (χ0v) is 15.5. The van der Waals surface area contributed by atoms with Crippen LogP contribution in [0.25, 0.3) is 11.1 Å². The van der Waals surface area contributed by atoms with Crippen molar-refractivity contribution in [2.24, 2.45) is 0 Å². The number of carbonyl (C=O) groups excluding carboxylic acids is 2. The minimum absolute atomic E-state index is 0.0998. The van der Waals surface area contributed by atoms with Crippen LogP contribution in [0, 0.1) is 10.1 Å². The monoisotopic (exact) mass is 405 g/mol. The van der Waals surface area contributed by atoms with Crippen LogP contribution in [0.1, 0.15) is 22.5 Å². The summed E-state index contributed by atoms with van der Waals surface area (Å²) in [5.41, 5.74) is 0.733. The third kappa shape index (κ3) is 3.93. The summed E-state index contributed by atoms with van der Waals surface area (Å²) in [5, 5.41) is 15.1. The van der Waals surface area contributed by atoms with Gasteiger partial charge >= 0.3 is 11.7 Å². The van der Waals surface area contributed by atoms with Gasteiger partial charge in [-0.15, -0.1) is 11.3 Å². The Bertz CT molecular complexity index is 1110. The molecule has 3 aromatic rings. The van der Waals surface area contributed by atoms with Gasteiger partial charge in [0, 0.05) is 19.0 Å². The Morgan fingerprint density at radius 3 is 2.86 bits per heavy atom. The van der Waals surface area contributed by atoms with Crippen molar-refractivity contribution in [2.45, 2.75) is 19.4 Å². The predicted octanol–water partition coefficient (Wildman–Crippen LogP) is 2.77. The largest absolute Gasteiger partial charge is 0.465 e. The highest BCUT2D eigenvalue weighted by Crippen LogP contribution is 2.23. The number of nitrogens with one attached hydrogen (secondary N) is 1. The van der Waals surface area contributed by atoms with E-state index in [2.05, 4.69) is 10.1 Å². The van der Waals surface area contributed by atoms with Gasteiger partial charge < -0.3 is 14.5 Å². The second kappa shape index (κ2) is 8.05. The Balaban J connectivity index is 1.64. The molecule has 0 fully saturated rings. The van der Waals surface area contributed by atoms with Gasteiger partial charge in [0.25, 0.3) is 5.69 Å². The fourth-order valence-corrected chi connectivity index (χ4v) is 3.42. The lowest BCUT2D eigenvalue weighted by molar-refractivity contribution is -0.384. The third-order valence-corrected chi connectivity index (χ3v) is 4.85. The summed E-state index contributed by atoms with van der Waals surface area (Å²) < 4.78 is 11.0. The molecule has 0 unspecified atom stereocenters. The Labute approximate surface area is 161 Å². The van der Waals surface area contributed by atoms with Gasteiger partial charge in [-0.3, -0.25) is 19.5 Å². The second-order valence-electron chi connectivity index (χ2n) is 5.74. The molecule has 0 radical (unpaired) electrons. The standard InChI is InChI=1S/C17H15N3O7S/c1-26-16(22)15-11(6-8-28-15)18-14(21)3-2-7-19-12-5-4-10(20(24)25)9-13(12)27-17(19)23/h4-6,8-9H,2-3,7H2,1H3,(H,18,21). The number of thiophene rings is 1. The van der Waals surface area contributed by atoms with E-state index in [1.807, 2.05) is 0 Å². The fourth-order valence-electron chi connectivity index (χ4n) is 2.65. The van der Waals surface area contributed by atoms with Gasteiger partial charge in [-0.05, 0) is 23.9 Å². The highest BCUT2D eigenvalue weighted by atomic mass is 32.1. The number of oxazole rings is 1. The van der Waals surface area contributed by atoms with Crippen LogP contribution in [0.4, 0.5) is 11.4 Å². The molecule has 3 rings (SSSR count). The smallest absolute Gasteiger partial charge is 0.419 e. The molecular formula is C17H15N3O7S. The molecule has 0 atom stereocenters. The predicted molar refractivity (Wildman–Crippen MR) is 101 cm³/mol. The number of non-ortho nitro benzene ring substituents is 1. The topological polar surface area (TPSA) is 134 Å². The highest BCUT2D eigenvalue weighted by molar-refractivity contribution is 7.12. The molecule has 10 nitrogen and oxygen atoms in total. The molecule has 2 aromatic heterocycles. The molecule has 0 saturated carbocycles. The number of ether oxygens (including phenoxy) is 1. The van der Waals surface area contributed by atoms with Crippen molar-refractivity contribution >= 4 is 45.7 Å². The first-order chi connectivity index (χ1) is 13.4. The van der Waals surface area contributed by atoms with Crippen molar-refractivity contribution in [3.63, 3.8) is 0 Å². The molecule has 0 spiro atoms. The Morgan fingerprint density at radius 1 is 1.36 bits per heavy atom. The molecule has 1 N–H and O–H groups in total. The number of rotatable bonds is 7. The molecule has 0 aliphatic rings. The number of nitrogens with zero attached hydrogens (tertiary/aromatic N) is 2. The van der Waals surface area contributed by atoms with E-state index in [9.17, 15) is 24.5 Å². The van der Waals surface area contributed by atoms with Gasteiger partial charge in [-0.25, -0.2) is 9.59 Å². The Morgan fingerprint density at radius 2 is 2.14 bits per heavy atom. The number of methoxy groups -OCH3 is 1. The number of aryl methyl sites for hydroxylation is 1. The molecule has 146 valence electrons. The normalized spacial score (nSPS) is 10.8. The van der Waals surface area contributed by atoms with E-state index < -0.39 is 16.6 Å². The zero-order valence-electron chi connectivity index (χ0n) is 14.7. The van der Waals surface area contributed by atoms with Crippen LogP contribution in [0.15, 0.2) is 38.9 Å². The number of hydrogen-bond donors (Lipinski definition) is 1. The molecular weight excluding hydrogens is 390 g/mol. The van der Waals surface area contributed by atoms with Gasteiger partial charge in [0.2, 0.25) is 5.91 Å². The van der Waals surface area contributed by atoms with Gasteiger partial charge in [0.05, 0.1) is 29.3 Å². The van der Waals surface area contributed by atoms with E-state index in [0.717, 1.165) is 11.3 Å². The molecule has 1 aromatic carbocycles. The van der Waals surface area contributed by atoms with E-state index in [4.69, 9.17) is 4.42 Å². The summed E-state index contributed by atoms with van der Waals surface area (Å²) in [7, 11) is 1.26. The van der Waals surface area contributed by atoms with Gasteiger partial charge in [-0.2, -0.15) is 0 Å². The Kier molecular flexibility index (Phi) is 5.54. The van der Waals surface area contributed by atoms with E-state index in [0.29, 0.717) is 22.5 Å². The molecule has 0 aliphatic heterocycles. The van der Waals surface area contributed by atoms with Crippen molar-refractivity contribution in [3.05, 3.63) is 55.2 Å². The lowest BCUT2D eigenvalue weighted by atomic mass is 10.2. The number of benzene rings is 1. The minimum atomic E-state index is -0.651. The molecule has 11 heteroatoms. The van der Waals surface area contributed by atoms with Crippen molar-refractivity contribution in [1.82, 2.24) is 4.57 Å². The van der Waals surface area contributed by atoms with Gasteiger partial charge in [0.1, 0.15) is 4.88 Å². The number of carbonyl (C=O) groups is 2. The van der Waals surface area contributed by atoms with Crippen molar-refractivity contribution in [3.8, 4) is 0 Å². The number of fused-ring (bicyclic) bond motifs is 1. The molecule has 1 amide bonds. The van der Waals surface area contributed by atoms with Crippen LogP contribution in [-0.2, 0) is 16.1 Å². The van der Waals surface area contributed by atoms with Crippen molar-refractivity contribution in [1.29, 1.82) is 0 Å². The summed E-state index contributed by atoms with van der Waals surface area (Å²) in [5.74, 6) is -1.50. The third-order valence-electron chi connectivity index (χ3n) is 3.96. The number of nitro benzene ring substituents is 1. The van der Waals surface area contributed by atoms with Gasteiger partial charge in [-0.1, -0.05) is 0 Å². The first kappa shape index (κ1) is 19.3. The maximum Gasteiger partial charge on any atom is 0.419 e. The average molecular weight is 405 g/mol. The summed E-state index contributed by atoms with van der Waals surface area (Å²) in [4.78, 5) is 46.3. The molecule has 0 saturated heterocycles. The van der Waals surface area contributed by atoms with Gasteiger partial charge in [0.15, 0.2) is 5.58 Å². The number of hydrogen-bond acceptors (Lipinski definition) is 8. The summed E-state index contributed by atoms with van der Waals surface area (Å²) in [6, 6.07) is 5.51. The van der Waals surface area contributed by atoms with E-state index >= 15 is 0 Å². The molecule has 28 heavy (non-hydrogen) atoms. The summed E-state index contributed by atoms with van der Waals surface area (Å²) in [6.07, 6.45) is 0.428. The van der Waals surface area contributed by atoms with Crippen LogP contribution in [-0.4, -0.2) is 28.5 Å².